The van der Waals surface area contributed by atoms with Crippen LogP contribution in [0.2, 0.25) is 5.02 Å². The molecule has 0 aromatic heterocycles. The van der Waals surface area contributed by atoms with Gasteiger partial charge in [0, 0.05) is 35.8 Å². The molecule has 26 heavy (non-hydrogen) atoms. The molecule has 0 saturated heterocycles. The van der Waals surface area contributed by atoms with Crippen LogP contribution in [0.4, 0.5) is 11.4 Å². The normalized spacial score (nSPS) is 28.0. The number of nitrogens with zero attached hydrogens (tertiary/aromatic N) is 1. The molecule has 0 spiro atoms. The summed E-state index contributed by atoms with van der Waals surface area (Å²) < 4.78 is 1.31. The minimum Gasteiger partial charge on any atom is -0.322 e. The van der Waals surface area contributed by atoms with Crippen molar-refractivity contribution in [1.82, 2.24) is 0 Å². The number of carbonyl (C=O) groups excluding carboxylic acids is 2. The third-order valence-electron chi connectivity index (χ3n) is 4.80. The molecule has 128 valence electrons. The van der Waals surface area contributed by atoms with E-state index in [9.17, 15) is 9.59 Å². The third-order valence-corrected chi connectivity index (χ3v) is 5.59. The first-order chi connectivity index (χ1) is 12.5. The summed E-state index contributed by atoms with van der Waals surface area (Å²) in [7, 11) is 0. The van der Waals surface area contributed by atoms with E-state index in [0.717, 1.165) is 0 Å². The molecule has 2 heterocycles. The van der Waals surface area contributed by atoms with Crippen LogP contribution < -0.4 is 9.74 Å². The van der Waals surface area contributed by atoms with Crippen molar-refractivity contribution < 1.29 is 9.59 Å². The highest BCUT2D eigenvalue weighted by Gasteiger charge is 2.62. The highest BCUT2D eigenvalue weighted by molar-refractivity contribution is 6.39. The maximum Gasteiger partial charge on any atom is 0.256 e. The minimum absolute atomic E-state index is 0.0958. The van der Waals surface area contributed by atoms with Gasteiger partial charge in [0.15, 0.2) is 11.3 Å². The molecule has 4 rings (SSSR count). The standard InChI is InChI=1S/C20H12Cl2N2O2/c1-2-12-5-3-4-6-13(8-7-12)16(25)11-20-17-15(24(20)22)10-9-14(21)18(17)23-19(20)26/h1,5,7-10,13H,3,11H2,(H,23,26)/b8-7-,12-5-. The number of carbonyl (C=O) groups is 2. The van der Waals surface area contributed by atoms with E-state index in [1.807, 2.05) is 6.08 Å². The molecule has 2 aliphatic heterocycles. The Labute approximate surface area is 160 Å². The van der Waals surface area contributed by atoms with Crippen LogP contribution in [0.15, 0.2) is 35.9 Å². The molecule has 0 saturated carbocycles. The molecular weight excluding hydrogens is 371 g/mol. The predicted molar refractivity (Wildman–Crippen MR) is 102 cm³/mol. The smallest absolute Gasteiger partial charge is 0.256 e. The zero-order chi connectivity index (χ0) is 18.5. The molecule has 1 aliphatic carbocycles. The molecule has 3 aliphatic rings. The number of nitrogens with one attached hydrogen (secondary N) is 1. The second-order valence-corrected chi connectivity index (χ2v) is 6.97. The van der Waals surface area contributed by atoms with Crippen molar-refractivity contribution in [1.29, 1.82) is 0 Å². The zero-order valence-electron chi connectivity index (χ0n) is 13.5. The lowest BCUT2D eigenvalue weighted by Gasteiger charge is -2.45. The number of terminal acetylenes is 1. The molecule has 4 nitrogen and oxygen atoms in total. The summed E-state index contributed by atoms with van der Waals surface area (Å²) in [6.07, 6.45) is 11.0. The van der Waals surface area contributed by atoms with Crippen molar-refractivity contribution in [3.63, 3.8) is 0 Å². The molecule has 0 bridgehead atoms. The van der Waals surface area contributed by atoms with Crippen molar-refractivity contribution >= 4 is 46.4 Å². The second-order valence-electron chi connectivity index (χ2n) is 6.22. The van der Waals surface area contributed by atoms with E-state index in [-0.39, 0.29) is 18.1 Å². The Balaban J connectivity index is 1.67. The largest absolute Gasteiger partial charge is 0.322 e. The van der Waals surface area contributed by atoms with E-state index in [4.69, 9.17) is 29.8 Å². The summed E-state index contributed by atoms with van der Waals surface area (Å²) in [4.78, 5) is 25.6. The van der Waals surface area contributed by atoms with Gasteiger partial charge in [0.25, 0.3) is 5.91 Å². The van der Waals surface area contributed by atoms with E-state index >= 15 is 0 Å². The number of benzene rings is 1. The summed E-state index contributed by atoms with van der Waals surface area (Å²) in [5.41, 5.74) is 1.31. The Kier molecular flexibility index (Phi) is 3.84. The van der Waals surface area contributed by atoms with E-state index in [1.54, 1.807) is 24.3 Å². The van der Waals surface area contributed by atoms with Gasteiger partial charge in [-0.2, -0.15) is 0 Å². The topological polar surface area (TPSA) is 49.4 Å². The average Bonchev–Trinajstić information content (AvgIpc) is 2.87. The highest BCUT2D eigenvalue weighted by atomic mass is 35.5. The number of amides is 1. The van der Waals surface area contributed by atoms with Crippen LogP contribution in [-0.2, 0) is 15.1 Å². The fourth-order valence-corrected chi connectivity index (χ4v) is 4.05. The van der Waals surface area contributed by atoms with Crippen LogP contribution in [0.3, 0.4) is 0 Å². The fourth-order valence-electron chi connectivity index (χ4n) is 3.48. The van der Waals surface area contributed by atoms with E-state index in [0.29, 0.717) is 34.0 Å². The van der Waals surface area contributed by atoms with Crippen molar-refractivity contribution in [3.05, 3.63) is 46.5 Å². The first-order valence-electron chi connectivity index (χ1n) is 7.95. The molecule has 0 fully saturated rings. The van der Waals surface area contributed by atoms with Crippen LogP contribution in [0.5, 0.6) is 0 Å². The van der Waals surface area contributed by atoms with Crippen LogP contribution >= 0.6 is 23.4 Å². The Morgan fingerprint density at radius 3 is 3.08 bits per heavy atom. The highest BCUT2D eigenvalue weighted by Crippen LogP contribution is 2.60. The molecule has 2 unspecified atom stereocenters. The van der Waals surface area contributed by atoms with Crippen molar-refractivity contribution in [2.75, 3.05) is 9.74 Å². The first-order valence-corrected chi connectivity index (χ1v) is 8.67. The molecule has 1 aromatic rings. The Morgan fingerprint density at radius 2 is 2.31 bits per heavy atom. The Hall–Kier alpha value is -2.66. The average molecular weight is 383 g/mol. The van der Waals surface area contributed by atoms with Gasteiger partial charge >= 0.3 is 0 Å². The van der Waals surface area contributed by atoms with Gasteiger partial charge in [-0.3, -0.25) is 14.0 Å². The molecule has 1 N–H and O–H groups in total. The number of ketones is 1. The van der Waals surface area contributed by atoms with E-state index in [2.05, 4.69) is 23.1 Å². The monoisotopic (exact) mass is 382 g/mol. The van der Waals surface area contributed by atoms with Gasteiger partial charge in [0.1, 0.15) is 0 Å². The first kappa shape index (κ1) is 16.8. The lowest BCUT2D eigenvalue weighted by molar-refractivity contribution is -0.128. The zero-order valence-corrected chi connectivity index (χ0v) is 15.0. The van der Waals surface area contributed by atoms with Gasteiger partial charge in [0.05, 0.1) is 22.3 Å². The molecular formula is C20H12Cl2N2O2. The van der Waals surface area contributed by atoms with Gasteiger partial charge in [0.2, 0.25) is 0 Å². The summed E-state index contributed by atoms with van der Waals surface area (Å²) >= 11 is 12.5. The summed E-state index contributed by atoms with van der Waals surface area (Å²) in [6, 6.07) is 3.40. The number of hydrogen-bond acceptors (Lipinski definition) is 3. The number of hydrogen-bond donors (Lipinski definition) is 1. The molecule has 2 atom stereocenters. The summed E-state index contributed by atoms with van der Waals surface area (Å²) in [6.45, 7) is 0. The van der Waals surface area contributed by atoms with Crippen molar-refractivity contribution in [2.45, 2.75) is 18.4 Å². The van der Waals surface area contributed by atoms with Crippen LogP contribution in [0.1, 0.15) is 18.4 Å². The Morgan fingerprint density at radius 1 is 1.50 bits per heavy atom. The van der Waals surface area contributed by atoms with Crippen LogP contribution in [0, 0.1) is 30.1 Å². The number of Topliss-reactive ketones (excluding diaryl/α,β-unsaturated/α-hetero) is 1. The lowest BCUT2D eigenvalue weighted by Crippen LogP contribution is -2.55. The summed E-state index contributed by atoms with van der Waals surface area (Å²) in [5.74, 6) is 7.18. The molecule has 1 amide bonds. The molecule has 6 heteroatoms. The van der Waals surface area contributed by atoms with Crippen molar-refractivity contribution in [3.8, 4) is 24.2 Å². The second kappa shape index (κ2) is 5.95. The summed E-state index contributed by atoms with van der Waals surface area (Å²) in [5, 5.41) is 3.17. The van der Waals surface area contributed by atoms with Gasteiger partial charge in [-0.25, -0.2) is 0 Å². The van der Waals surface area contributed by atoms with E-state index in [1.165, 1.54) is 4.42 Å². The van der Waals surface area contributed by atoms with Gasteiger partial charge in [-0.15, -0.1) is 6.42 Å². The predicted octanol–water partition coefficient (Wildman–Crippen LogP) is 3.56. The van der Waals surface area contributed by atoms with Crippen LogP contribution in [-0.4, -0.2) is 11.7 Å². The van der Waals surface area contributed by atoms with Gasteiger partial charge < -0.3 is 5.32 Å². The van der Waals surface area contributed by atoms with Gasteiger partial charge in [-0.1, -0.05) is 41.5 Å². The molecule has 1 aromatic carbocycles. The van der Waals surface area contributed by atoms with Crippen LogP contribution in [0.25, 0.3) is 0 Å². The number of halogens is 2. The minimum atomic E-state index is -1.24. The fraction of sp³-hybridized carbons (Fsp3) is 0.200. The quantitative estimate of drug-likeness (QED) is 0.642. The Bertz CT molecular complexity index is 1020. The third kappa shape index (κ3) is 2.20. The van der Waals surface area contributed by atoms with Gasteiger partial charge in [-0.05, 0) is 18.2 Å². The maximum atomic E-state index is 12.9. The molecule has 0 radical (unpaired) electrons. The van der Waals surface area contributed by atoms with E-state index < -0.39 is 11.5 Å². The SMILES string of the molecule is C#CC1=C/CC#CC(C(=O)CC23C(=O)Nc4c(Cl)ccc(c42)N3Cl)/C=C\1. The maximum absolute atomic E-state index is 12.9. The number of anilines is 2. The number of rotatable bonds is 3. The number of allylic oxidation sites excluding steroid dienone is 4. The van der Waals surface area contributed by atoms with Crippen molar-refractivity contribution in [2.24, 2.45) is 5.92 Å². The lowest BCUT2D eigenvalue weighted by atomic mass is 9.76.